The summed E-state index contributed by atoms with van der Waals surface area (Å²) in [6.07, 6.45) is 0. The van der Waals surface area contributed by atoms with Crippen LogP contribution in [0.1, 0.15) is 23.0 Å². The van der Waals surface area contributed by atoms with Crippen molar-refractivity contribution in [2.45, 2.75) is 6.92 Å². The molecule has 20 heavy (non-hydrogen) atoms. The average molecular weight is 419 g/mol. The topological polar surface area (TPSA) is 74.6 Å². The van der Waals surface area contributed by atoms with Crippen molar-refractivity contribution < 1.29 is 10.0 Å². The van der Waals surface area contributed by atoms with Gasteiger partial charge in [0.25, 0.3) is 5.91 Å². The maximum absolute atomic E-state index is 12.1. The van der Waals surface area contributed by atoms with Crippen molar-refractivity contribution in [2.75, 3.05) is 5.32 Å². The van der Waals surface area contributed by atoms with Gasteiger partial charge in [-0.3, -0.25) is 10.1 Å². The summed E-state index contributed by atoms with van der Waals surface area (Å²) in [7, 11) is 0. The molecule has 8 heteroatoms. The zero-order valence-electron chi connectivity index (χ0n) is 10.2. The maximum atomic E-state index is 12.1. The molecule has 5 nitrogen and oxygen atoms in total. The Balaban J connectivity index is 2.17. The molecule has 0 aliphatic heterocycles. The lowest BCUT2D eigenvalue weighted by atomic mass is 10.2. The first-order valence-electron chi connectivity index (χ1n) is 5.42. The smallest absolute Gasteiger partial charge is 0.258 e. The van der Waals surface area contributed by atoms with Gasteiger partial charge in [-0.15, -0.1) is 11.3 Å². The van der Waals surface area contributed by atoms with E-state index in [0.717, 1.165) is 4.47 Å². The van der Waals surface area contributed by atoms with Crippen molar-refractivity contribution in [3.63, 3.8) is 0 Å². The van der Waals surface area contributed by atoms with Crippen molar-refractivity contribution in [1.82, 2.24) is 4.98 Å². The molecule has 1 aromatic heterocycles. The van der Waals surface area contributed by atoms with E-state index in [1.165, 1.54) is 11.3 Å². The van der Waals surface area contributed by atoms with Crippen molar-refractivity contribution in [3.05, 3.63) is 43.8 Å². The third-order valence-corrected chi connectivity index (χ3v) is 4.33. The summed E-state index contributed by atoms with van der Waals surface area (Å²) in [4.78, 5) is 16.3. The van der Waals surface area contributed by atoms with Crippen LogP contribution < -0.4 is 5.32 Å². The molecular weight excluding hydrogens is 410 g/mol. The second kappa shape index (κ2) is 6.47. The maximum Gasteiger partial charge on any atom is 0.258 e. The Kier molecular flexibility index (Phi) is 4.90. The number of carbonyl (C=O) groups excluding carboxylic acids is 1. The summed E-state index contributed by atoms with van der Waals surface area (Å²) >= 11 is 7.94. The largest absolute Gasteiger partial charge is 0.411 e. The first-order valence-corrected chi connectivity index (χ1v) is 7.89. The number of nitrogens with zero attached hydrogens (tertiary/aromatic N) is 2. The molecule has 2 aromatic rings. The molecule has 0 saturated heterocycles. The first kappa shape index (κ1) is 15.1. The van der Waals surface area contributed by atoms with E-state index in [0.29, 0.717) is 26.6 Å². The fourth-order valence-electron chi connectivity index (χ4n) is 1.39. The quantitative estimate of drug-likeness (QED) is 0.447. The van der Waals surface area contributed by atoms with Gasteiger partial charge in [-0.05, 0) is 41.1 Å². The van der Waals surface area contributed by atoms with Crippen LogP contribution in [-0.4, -0.2) is 21.8 Å². The number of amides is 1. The molecule has 0 bridgehead atoms. The minimum atomic E-state index is -0.260. The monoisotopic (exact) mass is 417 g/mol. The Bertz CT molecular complexity index is 685. The highest BCUT2D eigenvalue weighted by Gasteiger charge is 2.13. The predicted molar refractivity (Wildman–Crippen MR) is 85.9 cm³/mol. The summed E-state index contributed by atoms with van der Waals surface area (Å²) < 4.78 is 1.57. The van der Waals surface area contributed by atoms with Crippen molar-refractivity contribution in [2.24, 2.45) is 5.16 Å². The standard InChI is InChI=1S/C12H9Br2N3O2S/c1-6(17-19)10-5-20-12(15-10)16-11(18)8-3-2-7(13)4-9(8)14/h2-5,19H,1H3,(H,15,16,18)/b17-6-. The molecule has 0 spiro atoms. The molecule has 2 rings (SSSR count). The molecule has 0 saturated carbocycles. The van der Waals surface area contributed by atoms with E-state index in [-0.39, 0.29) is 5.91 Å². The lowest BCUT2D eigenvalue weighted by Gasteiger charge is -2.04. The molecule has 0 atom stereocenters. The Labute approximate surface area is 136 Å². The van der Waals surface area contributed by atoms with Gasteiger partial charge in [0.2, 0.25) is 0 Å². The van der Waals surface area contributed by atoms with Gasteiger partial charge in [0.05, 0.1) is 5.56 Å². The van der Waals surface area contributed by atoms with Gasteiger partial charge < -0.3 is 5.21 Å². The first-order chi connectivity index (χ1) is 9.51. The molecule has 1 amide bonds. The average Bonchev–Trinajstić information content (AvgIpc) is 2.86. The fourth-order valence-corrected chi connectivity index (χ4v) is 3.36. The molecule has 0 aliphatic carbocycles. The van der Waals surface area contributed by atoms with E-state index < -0.39 is 0 Å². The van der Waals surface area contributed by atoms with Gasteiger partial charge in [-0.2, -0.15) is 0 Å². The van der Waals surface area contributed by atoms with Gasteiger partial charge in [0.15, 0.2) is 5.13 Å². The lowest BCUT2D eigenvalue weighted by Crippen LogP contribution is -2.12. The molecular formula is C12H9Br2N3O2S. The van der Waals surface area contributed by atoms with Crippen molar-refractivity contribution >= 4 is 59.9 Å². The van der Waals surface area contributed by atoms with Crippen LogP contribution in [0.25, 0.3) is 0 Å². The van der Waals surface area contributed by atoms with Gasteiger partial charge in [-0.1, -0.05) is 21.1 Å². The molecule has 0 fully saturated rings. The minimum Gasteiger partial charge on any atom is -0.411 e. The fraction of sp³-hybridized carbons (Fsp3) is 0.0833. The molecule has 1 heterocycles. The van der Waals surface area contributed by atoms with E-state index in [1.807, 2.05) is 0 Å². The molecule has 0 unspecified atom stereocenters. The Morgan fingerprint density at radius 1 is 1.45 bits per heavy atom. The number of anilines is 1. The third kappa shape index (κ3) is 3.44. The number of hydrogen-bond donors (Lipinski definition) is 2. The SMILES string of the molecule is C/C(=N/O)c1csc(NC(=O)c2ccc(Br)cc2Br)n1. The van der Waals surface area contributed by atoms with E-state index >= 15 is 0 Å². The van der Waals surface area contributed by atoms with E-state index in [1.54, 1.807) is 30.5 Å². The van der Waals surface area contributed by atoms with Gasteiger partial charge in [-0.25, -0.2) is 4.98 Å². The van der Waals surface area contributed by atoms with Crippen LogP contribution in [0.15, 0.2) is 37.7 Å². The molecule has 1 aromatic carbocycles. The number of halogens is 2. The summed E-state index contributed by atoms with van der Waals surface area (Å²) in [5, 5.41) is 16.6. The number of benzene rings is 1. The molecule has 104 valence electrons. The molecule has 0 aliphatic rings. The van der Waals surface area contributed by atoms with Crippen LogP contribution in [0.5, 0.6) is 0 Å². The number of aromatic nitrogens is 1. The van der Waals surface area contributed by atoms with Crippen LogP contribution in [0, 0.1) is 0 Å². The highest BCUT2D eigenvalue weighted by Crippen LogP contribution is 2.24. The third-order valence-electron chi connectivity index (χ3n) is 2.42. The van der Waals surface area contributed by atoms with Crippen LogP contribution in [0.4, 0.5) is 5.13 Å². The van der Waals surface area contributed by atoms with Crippen LogP contribution in [0.3, 0.4) is 0 Å². The van der Waals surface area contributed by atoms with E-state index in [2.05, 4.69) is 47.3 Å². The Morgan fingerprint density at radius 2 is 2.20 bits per heavy atom. The number of carbonyl (C=O) groups is 1. The van der Waals surface area contributed by atoms with Gasteiger partial charge in [0, 0.05) is 14.3 Å². The molecule has 2 N–H and O–H groups in total. The van der Waals surface area contributed by atoms with Crippen LogP contribution in [0.2, 0.25) is 0 Å². The number of rotatable bonds is 3. The van der Waals surface area contributed by atoms with E-state index in [4.69, 9.17) is 5.21 Å². The van der Waals surface area contributed by atoms with Crippen molar-refractivity contribution in [3.8, 4) is 0 Å². The second-order valence-electron chi connectivity index (χ2n) is 3.80. The molecule has 0 radical (unpaired) electrons. The number of oxime groups is 1. The highest BCUT2D eigenvalue weighted by atomic mass is 79.9. The van der Waals surface area contributed by atoms with Gasteiger partial charge >= 0.3 is 0 Å². The summed E-state index contributed by atoms with van der Waals surface area (Å²) in [6, 6.07) is 5.29. The number of thiazole rings is 1. The van der Waals surface area contributed by atoms with Crippen LogP contribution >= 0.6 is 43.2 Å². The van der Waals surface area contributed by atoms with Crippen LogP contribution in [-0.2, 0) is 0 Å². The summed E-state index contributed by atoms with van der Waals surface area (Å²) in [5.74, 6) is -0.260. The second-order valence-corrected chi connectivity index (χ2v) is 6.43. The zero-order chi connectivity index (χ0) is 14.7. The predicted octanol–water partition coefficient (Wildman–Crippen LogP) is 4.12. The zero-order valence-corrected chi connectivity index (χ0v) is 14.2. The normalized spacial score (nSPS) is 11.4. The van der Waals surface area contributed by atoms with Gasteiger partial charge in [0.1, 0.15) is 11.4 Å². The highest BCUT2D eigenvalue weighted by molar-refractivity contribution is 9.11. The Morgan fingerprint density at radius 3 is 2.85 bits per heavy atom. The summed E-state index contributed by atoms with van der Waals surface area (Å²) in [5.41, 5.74) is 1.44. The van der Waals surface area contributed by atoms with E-state index in [9.17, 15) is 4.79 Å². The lowest BCUT2D eigenvalue weighted by molar-refractivity contribution is 0.102. The summed E-state index contributed by atoms with van der Waals surface area (Å²) in [6.45, 7) is 1.63. The minimum absolute atomic E-state index is 0.260. The van der Waals surface area contributed by atoms with Crippen molar-refractivity contribution in [1.29, 1.82) is 0 Å². The number of nitrogens with one attached hydrogen (secondary N) is 1. The number of hydrogen-bond acceptors (Lipinski definition) is 5. The Hall–Kier alpha value is -1.25.